The first kappa shape index (κ1) is 16.3. The zero-order valence-electron chi connectivity index (χ0n) is 14.6. The largest absolute Gasteiger partial charge is 0.378 e. The number of hydrogen-bond acceptors (Lipinski definition) is 4. The first-order valence-electron chi connectivity index (χ1n) is 8.90. The maximum absolute atomic E-state index is 12.8. The summed E-state index contributed by atoms with van der Waals surface area (Å²) in [7, 11) is 1.95. The van der Waals surface area contributed by atoms with Crippen LogP contribution in [0.3, 0.4) is 0 Å². The Morgan fingerprint density at radius 2 is 1.92 bits per heavy atom. The van der Waals surface area contributed by atoms with Gasteiger partial charge in [-0.25, -0.2) is 0 Å². The van der Waals surface area contributed by atoms with Crippen LogP contribution in [0, 0.1) is 0 Å². The van der Waals surface area contributed by atoms with Crippen molar-refractivity contribution in [2.45, 2.75) is 19.5 Å². The molecule has 25 heavy (non-hydrogen) atoms. The summed E-state index contributed by atoms with van der Waals surface area (Å²) in [5.41, 5.74) is 4.25. The van der Waals surface area contributed by atoms with Crippen LogP contribution in [0.25, 0.3) is 0 Å². The molecule has 0 unspecified atom stereocenters. The normalized spacial score (nSPS) is 18.2. The number of rotatable bonds is 3. The fourth-order valence-corrected chi connectivity index (χ4v) is 3.69. The van der Waals surface area contributed by atoms with Gasteiger partial charge in [0.2, 0.25) is 0 Å². The Labute approximate surface area is 148 Å². The number of carbonyl (C=O) groups is 1. The lowest BCUT2D eigenvalue weighted by Gasteiger charge is -2.29. The quantitative estimate of drug-likeness (QED) is 0.849. The third-order valence-corrected chi connectivity index (χ3v) is 5.08. The van der Waals surface area contributed by atoms with Gasteiger partial charge in [-0.3, -0.25) is 14.4 Å². The number of fused-ring (bicyclic) bond motifs is 1. The number of amides is 1. The summed E-state index contributed by atoms with van der Waals surface area (Å²) in [6, 6.07) is 10.5. The highest BCUT2D eigenvalue weighted by molar-refractivity contribution is 5.94. The molecule has 0 atom stereocenters. The molecule has 2 aliphatic rings. The minimum absolute atomic E-state index is 0.0525. The van der Waals surface area contributed by atoms with E-state index in [9.17, 15) is 4.79 Å². The average Bonchev–Trinajstić information content (AvgIpc) is 2.99. The maximum Gasteiger partial charge on any atom is 0.274 e. The standard InChI is InChI=1S/C19H24N4O2/c1-21-17-14-22(13-15-5-3-2-4-6-15)8-7-16(17)18(20-21)19(24)23-9-11-25-12-10-23/h2-6H,7-14H2,1H3. The topological polar surface area (TPSA) is 50.6 Å². The number of aromatic nitrogens is 2. The van der Waals surface area contributed by atoms with Gasteiger partial charge in [0.05, 0.1) is 18.9 Å². The van der Waals surface area contributed by atoms with E-state index in [-0.39, 0.29) is 5.91 Å². The molecule has 1 aromatic carbocycles. The number of carbonyl (C=O) groups excluding carboxylic acids is 1. The lowest BCUT2D eigenvalue weighted by atomic mass is 10.0. The molecule has 1 saturated heterocycles. The number of ether oxygens (including phenoxy) is 1. The maximum atomic E-state index is 12.8. The average molecular weight is 340 g/mol. The highest BCUT2D eigenvalue weighted by Crippen LogP contribution is 2.24. The number of morpholine rings is 1. The number of hydrogen-bond donors (Lipinski definition) is 0. The van der Waals surface area contributed by atoms with Gasteiger partial charge in [0.25, 0.3) is 5.91 Å². The molecule has 2 aliphatic heterocycles. The minimum atomic E-state index is 0.0525. The molecule has 1 fully saturated rings. The number of aryl methyl sites for hydroxylation is 1. The summed E-state index contributed by atoms with van der Waals surface area (Å²) in [6.45, 7) is 5.27. The smallest absolute Gasteiger partial charge is 0.274 e. The molecule has 3 heterocycles. The van der Waals surface area contributed by atoms with Crippen molar-refractivity contribution in [3.05, 3.63) is 52.8 Å². The molecule has 0 radical (unpaired) electrons. The monoisotopic (exact) mass is 340 g/mol. The van der Waals surface area contributed by atoms with E-state index in [0.29, 0.717) is 32.0 Å². The summed E-state index contributed by atoms with van der Waals surface area (Å²) in [5.74, 6) is 0.0525. The summed E-state index contributed by atoms with van der Waals surface area (Å²) < 4.78 is 7.24. The molecule has 6 heteroatoms. The highest BCUT2D eigenvalue weighted by Gasteiger charge is 2.29. The second kappa shape index (κ2) is 6.98. The van der Waals surface area contributed by atoms with Crippen LogP contribution in [0.2, 0.25) is 0 Å². The van der Waals surface area contributed by atoms with Crippen LogP contribution in [-0.2, 0) is 31.3 Å². The Balaban J connectivity index is 1.51. The molecule has 0 saturated carbocycles. The van der Waals surface area contributed by atoms with E-state index < -0.39 is 0 Å². The SMILES string of the molecule is Cn1nc(C(=O)N2CCOCC2)c2c1CN(Cc1ccccc1)CC2. The summed E-state index contributed by atoms with van der Waals surface area (Å²) in [4.78, 5) is 17.1. The summed E-state index contributed by atoms with van der Waals surface area (Å²) in [5, 5.41) is 4.57. The Morgan fingerprint density at radius 3 is 2.68 bits per heavy atom. The van der Waals surface area contributed by atoms with Crippen molar-refractivity contribution >= 4 is 5.91 Å². The van der Waals surface area contributed by atoms with Gasteiger partial charge in [-0.05, 0) is 12.0 Å². The second-order valence-corrected chi connectivity index (χ2v) is 6.75. The van der Waals surface area contributed by atoms with Crippen molar-refractivity contribution in [1.82, 2.24) is 19.6 Å². The minimum Gasteiger partial charge on any atom is -0.378 e. The highest BCUT2D eigenvalue weighted by atomic mass is 16.5. The van der Waals surface area contributed by atoms with Gasteiger partial charge in [0, 0.05) is 45.3 Å². The van der Waals surface area contributed by atoms with Crippen LogP contribution in [-0.4, -0.2) is 58.3 Å². The molecular weight excluding hydrogens is 316 g/mol. The van der Waals surface area contributed by atoms with Crippen molar-refractivity contribution in [3.8, 4) is 0 Å². The lowest BCUT2D eigenvalue weighted by molar-refractivity contribution is 0.0297. The van der Waals surface area contributed by atoms with Crippen molar-refractivity contribution in [3.63, 3.8) is 0 Å². The Morgan fingerprint density at radius 1 is 1.16 bits per heavy atom. The molecule has 132 valence electrons. The first-order chi connectivity index (χ1) is 12.2. The predicted molar refractivity (Wildman–Crippen MR) is 94.2 cm³/mol. The van der Waals surface area contributed by atoms with Crippen LogP contribution in [0.15, 0.2) is 30.3 Å². The van der Waals surface area contributed by atoms with Gasteiger partial charge < -0.3 is 9.64 Å². The lowest BCUT2D eigenvalue weighted by Crippen LogP contribution is -2.41. The Bertz CT molecular complexity index is 750. The Kier molecular flexibility index (Phi) is 4.55. The van der Waals surface area contributed by atoms with E-state index in [4.69, 9.17) is 4.74 Å². The van der Waals surface area contributed by atoms with Gasteiger partial charge >= 0.3 is 0 Å². The van der Waals surface area contributed by atoms with Crippen LogP contribution in [0.4, 0.5) is 0 Å². The molecule has 2 aromatic rings. The third kappa shape index (κ3) is 3.32. The van der Waals surface area contributed by atoms with Crippen LogP contribution in [0.1, 0.15) is 27.3 Å². The van der Waals surface area contributed by atoms with E-state index >= 15 is 0 Å². The van der Waals surface area contributed by atoms with E-state index in [1.165, 1.54) is 11.3 Å². The molecular formula is C19H24N4O2. The Hall–Kier alpha value is -2.18. The fraction of sp³-hybridized carbons (Fsp3) is 0.474. The molecule has 0 spiro atoms. The zero-order chi connectivity index (χ0) is 17.2. The van der Waals surface area contributed by atoms with Gasteiger partial charge in [0.15, 0.2) is 5.69 Å². The van der Waals surface area contributed by atoms with E-state index in [1.54, 1.807) is 0 Å². The number of nitrogens with zero attached hydrogens (tertiary/aromatic N) is 4. The third-order valence-electron chi connectivity index (χ3n) is 5.08. The molecule has 1 aromatic heterocycles. The second-order valence-electron chi connectivity index (χ2n) is 6.75. The van der Waals surface area contributed by atoms with Gasteiger partial charge in [-0.15, -0.1) is 0 Å². The van der Waals surface area contributed by atoms with Gasteiger partial charge in [-0.2, -0.15) is 5.10 Å². The predicted octanol–water partition coefficient (Wildman–Crippen LogP) is 1.45. The molecule has 0 bridgehead atoms. The van der Waals surface area contributed by atoms with E-state index in [2.05, 4.69) is 34.3 Å². The zero-order valence-corrected chi connectivity index (χ0v) is 14.6. The van der Waals surface area contributed by atoms with Gasteiger partial charge in [0.1, 0.15) is 0 Å². The molecule has 1 amide bonds. The van der Waals surface area contributed by atoms with Crippen molar-refractivity contribution in [2.75, 3.05) is 32.8 Å². The van der Waals surface area contributed by atoms with Crippen molar-refractivity contribution in [1.29, 1.82) is 0 Å². The summed E-state index contributed by atoms with van der Waals surface area (Å²) >= 11 is 0. The van der Waals surface area contributed by atoms with Gasteiger partial charge in [-0.1, -0.05) is 30.3 Å². The molecule has 6 nitrogen and oxygen atoms in total. The van der Waals surface area contributed by atoms with Crippen LogP contribution in [0.5, 0.6) is 0 Å². The molecule has 0 aliphatic carbocycles. The summed E-state index contributed by atoms with van der Waals surface area (Å²) in [6.07, 6.45) is 0.876. The number of benzene rings is 1. The fourth-order valence-electron chi connectivity index (χ4n) is 3.69. The van der Waals surface area contributed by atoms with E-state index in [0.717, 1.165) is 31.6 Å². The van der Waals surface area contributed by atoms with Crippen LogP contribution < -0.4 is 0 Å². The molecule has 4 rings (SSSR count). The first-order valence-corrected chi connectivity index (χ1v) is 8.90. The van der Waals surface area contributed by atoms with Crippen molar-refractivity contribution < 1.29 is 9.53 Å². The van der Waals surface area contributed by atoms with Crippen LogP contribution >= 0.6 is 0 Å². The van der Waals surface area contributed by atoms with Crippen molar-refractivity contribution in [2.24, 2.45) is 7.05 Å². The molecule has 0 N–H and O–H groups in total. The van der Waals surface area contributed by atoms with E-state index in [1.807, 2.05) is 22.7 Å².